The number of nitro benzene ring substituents is 1. The van der Waals surface area contributed by atoms with Gasteiger partial charge in [0.1, 0.15) is 0 Å². The second-order valence-electron chi connectivity index (χ2n) is 3.57. The monoisotopic (exact) mass is 250 g/mol. The lowest BCUT2D eigenvalue weighted by atomic mass is 10.2. The molecule has 0 bridgehead atoms. The number of ether oxygens (including phenoxy) is 1. The van der Waals surface area contributed by atoms with Gasteiger partial charge in [0.05, 0.1) is 12.0 Å². The highest BCUT2D eigenvalue weighted by molar-refractivity contribution is 5.80. The predicted octanol–water partition coefficient (Wildman–Crippen LogP) is 1.97. The average molecular weight is 250 g/mol. The summed E-state index contributed by atoms with van der Waals surface area (Å²) in [6, 6.07) is 6.21. The van der Waals surface area contributed by atoms with Crippen LogP contribution in [0.3, 0.4) is 0 Å². The minimum atomic E-state index is -0.450. The van der Waals surface area contributed by atoms with Crippen LogP contribution in [0, 0.1) is 10.1 Å². The number of carbonyl (C=O) groups excluding carboxylic acids is 1. The molecule has 0 radical (unpaired) electrons. The lowest BCUT2D eigenvalue weighted by molar-refractivity contribution is -0.384. The first-order chi connectivity index (χ1) is 8.63. The van der Waals surface area contributed by atoms with E-state index in [1.165, 1.54) is 19.2 Å². The molecule has 1 aromatic carbocycles. The fourth-order valence-electron chi connectivity index (χ4n) is 1.31. The van der Waals surface area contributed by atoms with Gasteiger partial charge in [-0.25, -0.2) is 0 Å². The maximum Gasteiger partial charge on any atom is 0.305 e. The maximum absolute atomic E-state index is 10.8. The molecule has 0 fully saturated rings. The molecule has 0 aliphatic carbocycles. The molecule has 0 unspecified atom stereocenters. The predicted molar refractivity (Wildman–Crippen MR) is 66.8 cm³/mol. The molecule has 96 valence electrons. The zero-order valence-corrected chi connectivity index (χ0v) is 10.0. The van der Waals surface area contributed by atoms with Gasteiger partial charge >= 0.3 is 5.97 Å². The third-order valence-corrected chi connectivity index (χ3v) is 2.22. The summed E-state index contributed by atoms with van der Waals surface area (Å²) in [6.45, 7) is 0.484. The van der Waals surface area contributed by atoms with Crippen molar-refractivity contribution in [1.29, 1.82) is 0 Å². The van der Waals surface area contributed by atoms with Crippen LogP contribution in [0.2, 0.25) is 0 Å². The molecule has 0 amide bonds. The normalized spacial score (nSPS) is 10.5. The second-order valence-corrected chi connectivity index (χ2v) is 3.57. The average Bonchev–Trinajstić information content (AvgIpc) is 2.38. The SMILES string of the molecule is COC(=O)CCC/N=C/c1cccc([N+](=O)[O-])c1. The maximum atomic E-state index is 10.8. The van der Waals surface area contributed by atoms with Crippen molar-refractivity contribution in [3.63, 3.8) is 0 Å². The minimum Gasteiger partial charge on any atom is -0.469 e. The number of methoxy groups -OCH3 is 1. The van der Waals surface area contributed by atoms with E-state index in [1.54, 1.807) is 18.3 Å². The summed E-state index contributed by atoms with van der Waals surface area (Å²) < 4.78 is 4.49. The smallest absolute Gasteiger partial charge is 0.305 e. The van der Waals surface area contributed by atoms with E-state index >= 15 is 0 Å². The van der Waals surface area contributed by atoms with Crippen molar-refractivity contribution in [2.45, 2.75) is 12.8 Å². The molecule has 0 spiro atoms. The van der Waals surface area contributed by atoms with Crippen LogP contribution in [-0.2, 0) is 9.53 Å². The number of hydrogen-bond acceptors (Lipinski definition) is 5. The molecule has 18 heavy (non-hydrogen) atoms. The van der Waals surface area contributed by atoms with E-state index in [0.29, 0.717) is 24.9 Å². The third-order valence-electron chi connectivity index (χ3n) is 2.22. The summed E-state index contributed by atoms with van der Waals surface area (Å²) >= 11 is 0. The quantitative estimate of drug-likeness (QED) is 0.254. The van der Waals surface area contributed by atoms with Crippen LogP contribution in [-0.4, -0.2) is 30.8 Å². The Morgan fingerprint density at radius 3 is 3.00 bits per heavy atom. The molecule has 0 N–H and O–H groups in total. The summed E-state index contributed by atoms with van der Waals surface area (Å²) in [6.07, 6.45) is 2.48. The number of benzene rings is 1. The van der Waals surface area contributed by atoms with E-state index in [-0.39, 0.29) is 11.7 Å². The lowest BCUT2D eigenvalue weighted by Crippen LogP contribution is -2.00. The Hall–Kier alpha value is -2.24. The van der Waals surface area contributed by atoms with E-state index in [9.17, 15) is 14.9 Å². The molecule has 0 saturated carbocycles. The molecule has 1 rings (SSSR count). The first kappa shape index (κ1) is 13.8. The number of non-ortho nitro benzene ring substituents is 1. The van der Waals surface area contributed by atoms with E-state index in [2.05, 4.69) is 9.73 Å². The van der Waals surface area contributed by atoms with Crippen LogP contribution in [0.4, 0.5) is 5.69 Å². The third kappa shape index (κ3) is 4.73. The topological polar surface area (TPSA) is 81.8 Å². The van der Waals surface area contributed by atoms with Gasteiger partial charge in [0.2, 0.25) is 0 Å². The Morgan fingerprint density at radius 2 is 2.33 bits per heavy atom. The van der Waals surface area contributed by atoms with E-state index < -0.39 is 4.92 Å². The minimum absolute atomic E-state index is 0.0357. The Bertz CT molecular complexity index is 457. The van der Waals surface area contributed by atoms with Gasteiger partial charge in [-0.05, 0) is 12.0 Å². The van der Waals surface area contributed by atoms with Crippen LogP contribution in [0.5, 0.6) is 0 Å². The Balaban J connectivity index is 2.44. The second kappa shape index (κ2) is 7.16. The molecule has 0 aliphatic heterocycles. The molecule has 0 atom stereocenters. The Labute approximate surface area is 104 Å². The van der Waals surface area contributed by atoms with E-state index in [0.717, 1.165) is 0 Å². The number of esters is 1. The number of carbonyl (C=O) groups is 1. The molecular formula is C12H14N2O4. The summed E-state index contributed by atoms with van der Waals surface area (Å²) in [5.41, 5.74) is 0.704. The highest BCUT2D eigenvalue weighted by Gasteiger charge is 2.03. The number of hydrogen-bond donors (Lipinski definition) is 0. The van der Waals surface area contributed by atoms with Crippen molar-refractivity contribution in [3.8, 4) is 0 Å². The zero-order chi connectivity index (χ0) is 13.4. The lowest BCUT2D eigenvalue weighted by Gasteiger charge is -1.96. The molecule has 0 saturated heterocycles. The highest BCUT2D eigenvalue weighted by Crippen LogP contribution is 2.11. The molecule has 1 aromatic rings. The first-order valence-electron chi connectivity index (χ1n) is 5.44. The van der Waals surface area contributed by atoms with E-state index in [4.69, 9.17) is 0 Å². The fourth-order valence-corrected chi connectivity index (χ4v) is 1.31. The van der Waals surface area contributed by atoms with Crippen molar-refractivity contribution in [3.05, 3.63) is 39.9 Å². The van der Waals surface area contributed by atoms with Crippen molar-refractivity contribution < 1.29 is 14.5 Å². The van der Waals surface area contributed by atoms with Gasteiger partial charge in [-0.2, -0.15) is 0 Å². The molecule has 0 aromatic heterocycles. The van der Waals surface area contributed by atoms with Gasteiger partial charge in [0.15, 0.2) is 0 Å². The number of nitro groups is 1. The van der Waals surface area contributed by atoms with Crippen LogP contribution >= 0.6 is 0 Å². The van der Waals surface area contributed by atoms with Crippen LogP contribution < -0.4 is 0 Å². The van der Waals surface area contributed by atoms with Gasteiger partial charge in [0, 0.05) is 31.3 Å². The number of aliphatic imine (C=N–C) groups is 1. The Kier molecular flexibility index (Phi) is 5.50. The molecular weight excluding hydrogens is 236 g/mol. The fraction of sp³-hybridized carbons (Fsp3) is 0.333. The number of rotatable bonds is 6. The van der Waals surface area contributed by atoms with Crippen LogP contribution in [0.25, 0.3) is 0 Å². The van der Waals surface area contributed by atoms with Crippen LogP contribution in [0.1, 0.15) is 18.4 Å². The first-order valence-corrected chi connectivity index (χ1v) is 5.44. The van der Waals surface area contributed by atoms with Gasteiger partial charge in [-0.15, -0.1) is 0 Å². The van der Waals surface area contributed by atoms with Crippen molar-refractivity contribution in [1.82, 2.24) is 0 Å². The summed E-state index contributed by atoms with van der Waals surface area (Å²) in [7, 11) is 1.34. The molecule has 0 aliphatic rings. The standard InChI is InChI=1S/C12H14N2O4/c1-18-12(15)6-3-7-13-9-10-4-2-5-11(8-10)14(16)17/h2,4-5,8-9H,3,6-7H2,1H3/b13-9+. The van der Waals surface area contributed by atoms with Crippen LogP contribution in [0.15, 0.2) is 29.3 Å². The summed E-state index contributed by atoms with van der Waals surface area (Å²) in [4.78, 5) is 25.0. The van der Waals surface area contributed by atoms with Gasteiger partial charge < -0.3 is 4.74 Å². The molecule has 0 heterocycles. The van der Waals surface area contributed by atoms with Crippen molar-refractivity contribution >= 4 is 17.9 Å². The highest BCUT2D eigenvalue weighted by atomic mass is 16.6. The number of nitrogens with zero attached hydrogens (tertiary/aromatic N) is 2. The molecule has 6 nitrogen and oxygen atoms in total. The zero-order valence-electron chi connectivity index (χ0n) is 10.0. The van der Waals surface area contributed by atoms with E-state index in [1.807, 2.05) is 0 Å². The van der Waals surface area contributed by atoms with Gasteiger partial charge in [0.25, 0.3) is 5.69 Å². The van der Waals surface area contributed by atoms with Crippen molar-refractivity contribution in [2.75, 3.05) is 13.7 Å². The Morgan fingerprint density at radius 1 is 1.56 bits per heavy atom. The largest absolute Gasteiger partial charge is 0.469 e. The summed E-state index contributed by atoms with van der Waals surface area (Å²) in [5.74, 6) is -0.263. The van der Waals surface area contributed by atoms with Gasteiger partial charge in [-0.1, -0.05) is 12.1 Å². The molecule has 6 heteroatoms. The van der Waals surface area contributed by atoms with Gasteiger partial charge in [-0.3, -0.25) is 19.9 Å². The van der Waals surface area contributed by atoms with Crippen molar-refractivity contribution in [2.24, 2.45) is 4.99 Å². The summed E-state index contributed by atoms with van der Waals surface area (Å²) in [5, 5.41) is 10.5.